The van der Waals surface area contributed by atoms with Crippen LogP contribution in [0.3, 0.4) is 0 Å². The van der Waals surface area contributed by atoms with Gasteiger partial charge in [0.05, 0.1) is 14.2 Å². The van der Waals surface area contributed by atoms with Crippen LogP contribution in [0.1, 0.15) is 27.4 Å². The van der Waals surface area contributed by atoms with E-state index in [2.05, 4.69) is 0 Å². The van der Waals surface area contributed by atoms with Crippen molar-refractivity contribution < 1.29 is 19.1 Å². The van der Waals surface area contributed by atoms with Crippen molar-refractivity contribution >= 4 is 11.9 Å². The summed E-state index contributed by atoms with van der Waals surface area (Å²) in [6.07, 6.45) is 0. The number of carbonyl (C=O) groups excluding carboxylic acids is 2. The maximum absolute atomic E-state index is 12.7. The maximum Gasteiger partial charge on any atom is 0.314 e. The molecule has 0 radical (unpaired) electrons. The van der Waals surface area contributed by atoms with Crippen LogP contribution in [0.2, 0.25) is 0 Å². The number of hydrogen-bond donors (Lipinski definition) is 0. The van der Waals surface area contributed by atoms with Crippen molar-refractivity contribution in [2.45, 2.75) is 12.5 Å². The number of methoxy groups -OCH3 is 2. The van der Waals surface area contributed by atoms with E-state index in [1.807, 2.05) is 42.5 Å². The van der Waals surface area contributed by atoms with Gasteiger partial charge in [-0.1, -0.05) is 30.3 Å². The quantitative estimate of drug-likeness (QED) is 0.811. The predicted molar refractivity (Wildman–Crippen MR) is 88.9 cm³/mol. The van der Waals surface area contributed by atoms with E-state index >= 15 is 0 Å². The molecule has 1 heterocycles. The molecule has 1 atom stereocenters. The fourth-order valence-corrected chi connectivity index (χ4v) is 3.00. The van der Waals surface area contributed by atoms with Gasteiger partial charge >= 0.3 is 5.97 Å². The van der Waals surface area contributed by atoms with Crippen LogP contribution in [0.4, 0.5) is 0 Å². The molecule has 1 aliphatic heterocycles. The van der Waals surface area contributed by atoms with Crippen molar-refractivity contribution in [3.63, 3.8) is 0 Å². The van der Waals surface area contributed by atoms with Crippen LogP contribution in [0.5, 0.6) is 5.75 Å². The average molecular weight is 325 g/mol. The van der Waals surface area contributed by atoms with E-state index < -0.39 is 5.92 Å². The van der Waals surface area contributed by atoms with E-state index in [0.29, 0.717) is 18.7 Å². The van der Waals surface area contributed by atoms with Gasteiger partial charge in [0.2, 0.25) is 0 Å². The lowest BCUT2D eigenvalue weighted by molar-refractivity contribution is -0.142. The Labute approximate surface area is 140 Å². The first-order valence-corrected chi connectivity index (χ1v) is 7.73. The van der Waals surface area contributed by atoms with Gasteiger partial charge < -0.3 is 14.4 Å². The van der Waals surface area contributed by atoms with Crippen molar-refractivity contribution in [2.24, 2.45) is 0 Å². The van der Waals surface area contributed by atoms with Gasteiger partial charge in [0.1, 0.15) is 11.7 Å². The highest BCUT2D eigenvalue weighted by atomic mass is 16.5. The zero-order valence-electron chi connectivity index (χ0n) is 13.7. The van der Waals surface area contributed by atoms with Crippen LogP contribution in [-0.4, -0.2) is 37.5 Å². The first kappa shape index (κ1) is 16.1. The van der Waals surface area contributed by atoms with Gasteiger partial charge in [-0.25, -0.2) is 0 Å². The molecule has 1 unspecified atom stereocenters. The van der Waals surface area contributed by atoms with Crippen molar-refractivity contribution in [3.8, 4) is 5.75 Å². The van der Waals surface area contributed by atoms with Gasteiger partial charge in [0.25, 0.3) is 5.91 Å². The summed E-state index contributed by atoms with van der Waals surface area (Å²) in [6, 6.07) is 14.8. The van der Waals surface area contributed by atoms with Gasteiger partial charge in [-0.2, -0.15) is 0 Å². The molecule has 1 amide bonds. The second-order valence-electron chi connectivity index (χ2n) is 5.70. The average Bonchev–Trinajstić information content (AvgIpc) is 2.64. The van der Waals surface area contributed by atoms with E-state index in [4.69, 9.17) is 9.47 Å². The molecular formula is C19H19NO4. The standard InChI is InChI=1S/C19H19NO4/c1-23-14-9-7-13(8-10-14)11-20-12-17(19(22)24-2)15-5-3-4-6-16(15)18(20)21/h3-10,17H,11-12H2,1-2H3. The molecule has 5 nitrogen and oxygen atoms in total. The molecule has 0 fully saturated rings. The molecule has 0 aromatic heterocycles. The molecule has 0 saturated carbocycles. The molecule has 1 aliphatic rings. The Bertz CT molecular complexity index is 754. The highest BCUT2D eigenvalue weighted by Gasteiger charge is 2.35. The summed E-state index contributed by atoms with van der Waals surface area (Å²) in [4.78, 5) is 26.6. The monoisotopic (exact) mass is 325 g/mol. The normalized spacial score (nSPS) is 16.5. The van der Waals surface area contributed by atoms with Crippen LogP contribution in [0.25, 0.3) is 0 Å². The van der Waals surface area contributed by atoms with E-state index in [1.165, 1.54) is 7.11 Å². The van der Waals surface area contributed by atoms with Crippen LogP contribution in [0, 0.1) is 0 Å². The van der Waals surface area contributed by atoms with Gasteiger partial charge in [-0.3, -0.25) is 9.59 Å². The molecule has 5 heteroatoms. The van der Waals surface area contributed by atoms with Crippen LogP contribution >= 0.6 is 0 Å². The van der Waals surface area contributed by atoms with Crippen molar-refractivity contribution in [2.75, 3.05) is 20.8 Å². The third-order valence-electron chi connectivity index (χ3n) is 4.27. The Morgan fingerprint density at radius 2 is 1.83 bits per heavy atom. The molecule has 0 bridgehead atoms. The number of rotatable bonds is 4. The Balaban J connectivity index is 1.89. The minimum Gasteiger partial charge on any atom is -0.497 e. The summed E-state index contributed by atoms with van der Waals surface area (Å²) in [5.41, 5.74) is 2.28. The number of amides is 1. The number of ether oxygens (including phenoxy) is 2. The SMILES string of the molecule is COC(=O)C1CN(Cc2ccc(OC)cc2)C(=O)c2ccccc21. The summed E-state index contributed by atoms with van der Waals surface area (Å²) in [5, 5.41) is 0. The summed E-state index contributed by atoms with van der Waals surface area (Å²) >= 11 is 0. The number of carbonyl (C=O) groups is 2. The third-order valence-corrected chi connectivity index (χ3v) is 4.27. The molecule has 2 aromatic carbocycles. The fraction of sp³-hybridized carbons (Fsp3) is 0.263. The largest absolute Gasteiger partial charge is 0.497 e. The zero-order valence-corrected chi connectivity index (χ0v) is 13.7. The van der Waals surface area contributed by atoms with Crippen molar-refractivity contribution in [3.05, 3.63) is 65.2 Å². The number of esters is 1. The van der Waals surface area contributed by atoms with E-state index in [9.17, 15) is 9.59 Å². The highest BCUT2D eigenvalue weighted by molar-refractivity contribution is 5.99. The molecule has 0 spiro atoms. The lowest BCUT2D eigenvalue weighted by Crippen LogP contribution is -2.42. The number of benzene rings is 2. The third kappa shape index (κ3) is 2.97. The molecule has 0 N–H and O–H groups in total. The smallest absolute Gasteiger partial charge is 0.314 e. The molecule has 2 aromatic rings. The number of nitrogens with zero attached hydrogens (tertiary/aromatic N) is 1. The minimum atomic E-state index is -0.456. The van der Waals surface area contributed by atoms with Gasteiger partial charge in [0, 0.05) is 18.7 Å². The number of hydrogen-bond acceptors (Lipinski definition) is 4. The summed E-state index contributed by atoms with van der Waals surface area (Å²) < 4.78 is 10.1. The lowest BCUT2D eigenvalue weighted by Gasteiger charge is -2.33. The fourth-order valence-electron chi connectivity index (χ4n) is 3.00. The van der Waals surface area contributed by atoms with Gasteiger partial charge in [0.15, 0.2) is 0 Å². The minimum absolute atomic E-state index is 0.0680. The topological polar surface area (TPSA) is 55.8 Å². The van der Waals surface area contributed by atoms with E-state index in [0.717, 1.165) is 16.9 Å². The first-order chi connectivity index (χ1) is 11.6. The molecule has 0 aliphatic carbocycles. The van der Waals surface area contributed by atoms with Crippen LogP contribution < -0.4 is 4.74 Å². The van der Waals surface area contributed by atoms with Crippen molar-refractivity contribution in [1.82, 2.24) is 4.90 Å². The lowest BCUT2D eigenvalue weighted by atomic mass is 9.89. The molecule has 124 valence electrons. The number of fused-ring (bicyclic) bond motifs is 1. The summed E-state index contributed by atoms with van der Waals surface area (Å²) in [6.45, 7) is 0.749. The second-order valence-corrected chi connectivity index (χ2v) is 5.70. The second kappa shape index (κ2) is 6.74. The summed E-state index contributed by atoms with van der Waals surface area (Å²) in [7, 11) is 2.98. The van der Waals surface area contributed by atoms with Crippen LogP contribution in [-0.2, 0) is 16.1 Å². The Morgan fingerprint density at radius 3 is 2.50 bits per heavy atom. The zero-order chi connectivity index (χ0) is 17.1. The van der Waals surface area contributed by atoms with Crippen LogP contribution in [0.15, 0.2) is 48.5 Å². The van der Waals surface area contributed by atoms with Crippen molar-refractivity contribution in [1.29, 1.82) is 0 Å². The predicted octanol–water partition coefficient (Wildman–Crippen LogP) is 2.61. The first-order valence-electron chi connectivity index (χ1n) is 7.73. The summed E-state index contributed by atoms with van der Waals surface area (Å²) in [5.74, 6) is -0.0834. The molecular weight excluding hydrogens is 306 g/mol. The molecule has 0 saturated heterocycles. The van der Waals surface area contributed by atoms with E-state index in [-0.39, 0.29) is 11.9 Å². The Morgan fingerprint density at radius 1 is 1.12 bits per heavy atom. The molecule has 24 heavy (non-hydrogen) atoms. The van der Waals surface area contributed by atoms with Gasteiger partial charge in [-0.15, -0.1) is 0 Å². The maximum atomic E-state index is 12.7. The Hall–Kier alpha value is -2.82. The molecule has 3 rings (SSSR count). The Kier molecular flexibility index (Phi) is 4.51. The van der Waals surface area contributed by atoms with E-state index in [1.54, 1.807) is 18.1 Å². The van der Waals surface area contributed by atoms with Gasteiger partial charge in [-0.05, 0) is 29.3 Å². The highest BCUT2D eigenvalue weighted by Crippen LogP contribution is 2.30.